The minimum Gasteiger partial charge on any atom is -0.374 e. The third-order valence-corrected chi connectivity index (χ3v) is 4.77. The summed E-state index contributed by atoms with van der Waals surface area (Å²) in [5, 5.41) is 6.42. The van der Waals surface area contributed by atoms with Crippen molar-refractivity contribution in [3.63, 3.8) is 0 Å². The zero-order chi connectivity index (χ0) is 15.4. The lowest BCUT2D eigenvalue weighted by molar-refractivity contribution is -0.0396. The first-order chi connectivity index (χ1) is 10.7. The van der Waals surface area contributed by atoms with E-state index in [1.807, 2.05) is 17.6 Å². The molecule has 1 fully saturated rings. The molecule has 22 heavy (non-hydrogen) atoms. The molecular weight excluding hydrogens is 318 g/mol. The maximum Gasteiger partial charge on any atom is 0.0896 e. The highest BCUT2D eigenvalue weighted by Gasteiger charge is 2.27. The molecule has 2 aromatic rings. The smallest absolute Gasteiger partial charge is 0.0896 e. The van der Waals surface area contributed by atoms with E-state index in [2.05, 4.69) is 39.8 Å². The molecule has 2 heterocycles. The molecule has 1 saturated heterocycles. The van der Waals surface area contributed by atoms with Crippen LogP contribution in [0.15, 0.2) is 35.2 Å². The Morgan fingerprint density at radius 3 is 2.95 bits per heavy atom. The lowest BCUT2D eigenvalue weighted by Crippen LogP contribution is -2.46. The molecule has 0 bridgehead atoms. The molecule has 1 N–H and O–H groups in total. The summed E-state index contributed by atoms with van der Waals surface area (Å²) in [5.41, 5.74) is 4.12. The number of hydrogen-bond donors (Lipinski definition) is 1. The molecule has 1 aromatic carbocycles. The van der Waals surface area contributed by atoms with Crippen molar-refractivity contribution in [3.8, 4) is 0 Å². The summed E-state index contributed by atoms with van der Waals surface area (Å²) in [5.74, 6) is 0. The van der Waals surface area contributed by atoms with Gasteiger partial charge in [-0.1, -0.05) is 23.7 Å². The summed E-state index contributed by atoms with van der Waals surface area (Å²) < 4.78 is 6.01. The monoisotopic (exact) mass is 337 g/mol. The zero-order valence-electron chi connectivity index (χ0n) is 12.5. The number of rotatable bonds is 5. The molecule has 1 aromatic heterocycles. The normalized spacial score (nSPS) is 20.9. The SMILES string of the molecule is CN1CCO[C@H]([C@@H](NCc2cscn2)c2ccc(Cl)cc2)C1. The van der Waals surface area contributed by atoms with Crippen molar-refractivity contribution >= 4 is 22.9 Å². The first-order valence-electron chi connectivity index (χ1n) is 7.38. The average molecular weight is 338 g/mol. The van der Waals surface area contributed by atoms with E-state index in [1.165, 1.54) is 5.56 Å². The second-order valence-electron chi connectivity index (χ2n) is 5.56. The number of likely N-dealkylation sites (N-methyl/N-ethyl adjacent to an activating group) is 1. The van der Waals surface area contributed by atoms with Crippen LogP contribution >= 0.6 is 22.9 Å². The molecule has 0 spiro atoms. The fourth-order valence-electron chi connectivity index (χ4n) is 2.69. The molecule has 4 nitrogen and oxygen atoms in total. The summed E-state index contributed by atoms with van der Waals surface area (Å²) in [6.45, 7) is 3.40. The highest BCUT2D eigenvalue weighted by atomic mass is 35.5. The van der Waals surface area contributed by atoms with Gasteiger partial charge in [-0.25, -0.2) is 4.98 Å². The van der Waals surface area contributed by atoms with E-state index >= 15 is 0 Å². The Morgan fingerprint density at radius 2 is 2.27 bits per heavy atom. The van der Waals surface area contributed by atoms with Gasteiger partial charge in [0.25, 0.3) is 0 Å². The molecule has 1 aliphatic rings. The van der Waals surface area contributed by atoms with Crippen molar-refractivity contribution in [1.29, 1.82) is 0 Å². The van der Waals surface area contributed by atoms with Crippen molar-refractivity contribution in [3.05, 3.63) is 51.4 Å². The number of morpholine rings is 1. The summed E-state index contributed by atoms with van der Waals surface area (Å²) in [6, 6.07) is 8.13. The van der Waals surface area contributed by atoms with Crippen LogP contribution in [-0.4, -0.2) is 42.7 Å². The third kappa shape index (κ3) is 4.06. The predicted molar refractivity (Wildman–Crippen MR) is 90.4 cm³/mol. The van der Waals surface area contributed by atoms with Gasteiger partial charge in [0.1, 0.15) is 0 Å². The van der Waals surface area contributed by atoms with Crippen LogP contribution in [0.25, 0.3) is 0 Å². The Hall–Kier alpha value is -0.980. The lowest BCUT2D eigenvalue weighted by Gasteiger charge is -2.35. The van der Waals surface area contributed by atoms with Crippen LogP contribution in [0, 0.1) is 0 Å². The van der Waals surface area contributed by atoms with E-state index in [4.69, 9.17) is 16.3 Å². The number of hydrogen-bond acceptors (Lipinski definition) is 5. The van der Waals surface area contributed by atoms with Gasteiger partial charge in [0.2, 0.25) is 0 Å². The molecular formula is C16H20ClN3OS. The molecule has 6 heteroatoms. The number of nitrogens with zero attached hydrogens (tertiary/aromatic N) is 2. The lowest BCUT2D eigenvalue weighted by atomic mass is 10.00. The minimum absolute atomic E-state index is 0.124. The standard InChI is InChI=1S/C16H20ClN3OS/c1-20-6-7-21-15(9-20)16(12-2-4-13(17)5-3-12)18-8-14-10-22-11-19-14/h2-5,10-11,15-16,18H,6-9H2,1H3/t15-,16-/m0/s1. The second kappa shape index (κ2) is 7.53. The van der Waals surface area contributed by atoms with Gasteiger partial charge in [-0.05, 0) is 24.7 Å². The van der Waals surface area contributed by atoms with Crippen molar-refractivity contribution in [2.45, 2.75) is 18.7 Å². The molecule has 0 radical (unpaired) electrons. The maximum absolute atomic E-state index is 6.02. The Morgan fingerprint density at radius 1 is 1.45 bits per heavy atom. The maximum atomic E-state index is 6.02. The number of nitrogens with one attached hydrogen (secondary N) is 1. The van der Waals surface area contributed by atoms with Crippen LogP contribution in [0.1, 0.15) is 17.3 Å². The van der Waals surface area contributed by atoms with Crippen LogP contribution in [-0.2, 0) is 11.3 Å². The molecule has 0 saturated carbocycles. The van der Waals surface area contributed by atoms with Gasteiger partial charge in [-0.3, -0.25) is 0 Å². The number of ether oxygens (including phenoxy) is 1. The van der Waals surface area contributed by atoms with Gasteiger partial charge in [-0.2, -0.15) is 0 Å². The predicted octanol–water partition coefficient (Wildman–Crippen LogP) is 2.96. The molecule has 118 valence electrons. The van der Waals surface area contributed by atoms with Gasteiger partial charge >= 0.3 is 0 Å². The van der Waals surface area contributed by atoms with Gasteiger partial charge in [0, 0.05) is 30.0 Å². The van der Waals surface area contributed by atoms with Crippen molar-refractivity contribution in [1.82, 2.24) is 15.2 Å². The highest BCUT2D eigenvalue weighted by molar-refractivity contribution is 7.07. The summed E-state index contributed by atoms with van der Waals surface area (Å²) in [4.78, 5) is 6.65. The van der Waals surface area contributed by atoms with E-state index in [9.17, 15) is 0 Å². The van der Waals surface area contributed by atoms with E-state index < -0.39 is 0 Å². The van der Waals surface area contributed by atoms with Crippen molar-refractivity contribution in [2.75, 3.05) is 26.7 Å². The Labute approximate surface area is 140 Å². The van der Waals surface area contributed by atoms with Gasteiger partial charge < -0.3 is 15.0 Å². The van der Waals surface area contributed by atoms with E-state index in [0.717, 1.165) is 37.0 Å². The second-order valence-corrected chi connectivity index (χ2v) is 6.72. The number of benzene rings is 1. The molecule has 3 rings (SSSR count). The Kier molecular flexibility index (Phi) is 5.44. The molecule has 0 unspecified atom stereocenters. The number of aromatic nitrogens is 1. The van der Waals surface area contributed by atoms with Crippen LogP contribution < -0.4 is 5.32 Å². The van der Waals surface area contributed by atoms with Crippen LogP contribution in [0.4, 0.5) is 0 Å². The Bertz CT molecular complexity index is 576. The van der Waals surface area contributed by atoms with E-state index in [0.29, 0.717) is 0 Å². The van der Waals surface area contributed by atoms with E-state index in [1.54, 1.807) is 11.3 Å². The quantitative estimate of drug-likeness (QED) is 0.910. The Balaban J connectivity index is 1.76. The topological polar surface area (TPSA) is 37.4 Å². The molecule has 2 atom stereocenters. The summed E-state index contributed by atoms with van der Waals surface area (Å²) >= 11 is 7.63. The fourth-order valence-corrected chi connectivity index (χ4v) is 3.37. The molecule has 0 amide bonds. The van der Waals surface area contributed by atoms with Crippen LogP contribution in [0.2, 0.25) is 5.02 Å². The zero-order valence-corrected chi connectivity index (χ0v) is 14.1. The number of thiazole rings is 1. The van der Waals surface area contributed by atoms with Gasteiger partial charge in [0.05, 0.1) is 30.0 Å². The first kappa shape index (κ1) is 15.9. The van der Waals surface area contributed by atoms with Crippen molar-refractivity contribution < 1.29 is 4.74 Å². The van der Waals surface area contributed by atoms with Crippen molar-refractivity contribution in [2.24, 2.45) is 0 Å². The van der Waals surface area contributed by atoms with E-state index in [-0.39, 0.29) is 12.1 Å². The van der Waals surface area contributed by atoms with Crippen LogP contribution in [0.3, 0.4) is 0 Å². The summed E-state index contributed by atoms with van der Waals surface area (Å²) in [6.07, 6.45) is 0.124. The minimum atomic E-state index is 0.124. The number of halogens is 1. The fraction of sp³-hybridized carbons (Fsp3) is 0.438. The molecule has 1 aliphatic heterocycles. The average Bonchev–Trinajstić information content (AvgIpc) is 3.03. The largest absolute Gasteiger partial charge is 0.374 e. The van der Waals surface area contributed by atoms with Crippen LogP contribution in [0.5, 0.6) is 0 Å². The molecule has 0 aliphatic carbocycles. The first-order valence-corrected chi connectivity index (χ1v) is 8.70. The van der Waals surface area contributed by atoms with Gasteiger partial charge in [0.15, 0.2) is 0 Å². The third-order valence-electron chi connectivity index (χ3n) is 3.88. The van der Waals surface area contributed by atoms with Gasteiger partial charge in [-0.15, -0.1) is 11.3 Å². The highest BCUT2D eigenvalue weighted by Crippen LogP contribution is 2.24. The summed E-state index contributed by atoms with van der Waals surface area (Å²) in [7, 11) is 2.13.